The third-order valence-electron chi connectivity index (χ3n) is 6.12. The first kappa shape index (κ1) is 20.3. The van der Waals surface area contributed by atoms with Gasteiger partial charge in [0.15, 0.2) is 0 Å². The van der Waals surface area contributed by atoms with Crippen LogP contribution < -0.4 is 0 Å². The van der Waals surface area contributed by atoms with Crippen LogP contribution in [0.2, 0.25) is 18.1 Å². The molecule has 0 heterocycles. The van der Waals surface area contributed by atoms with E-state index in [1.165, 1.54) is 5.76 Å². The third-order valence-corrected chi connectivity index (χ3v) is 10.6. The highest BCUT2D eigenvalue weighted by Gasteiger charge is 2.45. The fraction of sp³-hybridized carbons (Fsp3) is 0.842. The van der Waals surface area contributed by atoms with E-state index < -0.39 is 8.32 Å². The van der Waals surface area contributed by atoms with Crippen LogP contribution in [0.1, 0.15) is 54.4 Å². The maximum absolute atomic E-state index is 6.66. The summed E-state index contributed by atoms with van der Waals surface area (Å²) in [6.07, 6.45) is 6.59. The lowest BCUT2D eigenvalue weighted by atomic mass is 9.72. The average Bonchev–Trinajstić information content (AvgIpc) is 2.38. The zero-order valence-electron chi connectivity index (χ0n) is 17.0. The molecule has 0 saturated heterocycles. The lowest BCUT2D eigenvalue weighted by molar-refractivity contribution is 0.233. The highest BCUT2D eigenvalue weighted by atomic mass is 28.4. The minimum Gasteiger partial charge on any atom is -0.547 e. The second-order valence-corrected chi connectivity index (χ2v) is 13.8. The Labute approximate surface area is 145 Å². The fourth-order valence-electron chi connectivity index (χ4n) is 2.81. The van der Waals surface area contributed by atoms with E-state index in [4.69, 9.17) is 4.43 Å². The van der Waals surface area contributed by atoms with Crippen molar-refractivity contribution in [1.82, 2.24) is 5.01 Å². The molecule has 0 bridgehead atoms. The van der Waals surface area contributed by atoms with Crippen LogP contribution in [0.15, 0.2) is 16.9 Å². The van der Waals surface area contributed by atoms with Crippen LogP contribution in [0.3, 0.4) is 0 Å². The van der Waals surface area contributed by atoms with Crippen LogP contribution >= 0.6 is 0 Å². The van der Waals surface area contributed by atoms with E-state index in [-0.39, 0.29) is 10.5 Å². The molecule has 1 atom stereocenters. The van der Waals surface area contributed by atoms with Crippen LogP contribution in [0, 0.1) is 17.3 Å². The highest BCUT2D eigenvalue weighted by Crippen LogP contribution is 2.47. The molecule has 4 heteroatoms. The van der Waals surface area contributed by atoms with Gasteiger partial charge in [0.1, 0.15) is 0 Å². The van der Waals surface area contributed by atoms with Crippen LogP contribution in [-0.4, -0.2) is 33.6 Å². The molecule has 1 aliphatic rings. The average molecular weight is 339 g/mol. The summed E-state index contributed by atoms with van der Waals surface area (Å²) in [5, 5.41) is 6.58. The van der Waals surface area contributed by atoms with Gasteiger partial charge >= 0.3 is 0 Å². The van der Waals surface area contributed by atoms with Crippen molar-refractivity contribution in [3.63, 3.8) is 0 Å². The van der Waals surface area contributed by atoms with E-state index in [2.05, 4.69) is 72.0 Å². The van der Waals surface area contributed by atoms with Gasteiger partial charge in [0.05, 0.1) is 5.76 Å². The smallest absolute Gasteiger partial charge is 0.250 e. The molecular weight excluding hydrogens is 300 g/mol. The van der Waals surface area contributed by atoms with Crippen molar-refractivity contribution < 1.29 is 4.43 Å². The van der Waals surface area contributed by atoms with E-state index in [1.807, 2.05) is 19.1 Å². The molecule has 0 saturated carbocycles. The Hall–Kier alpha value is -0.773. The molecule has 0 N–H and O–H groups in total. The summed E-state index contributed by atoms with van der Waals surface area (Å²) in [5.41, 5.74) is 0.242. The Bertz CT molecular complexity index is 462. The van der Waals surface area contributed by atoms with E-state index in [0.29, 0.717) is 11.8 Å². The maximum Gasteiger partial charge on any atom is 0.250 e. The van der Waals surface area contributed by atoms with Crippen molar-refractivity contribution in [2.45, 2.75) is 72.5 Å². The van der Waals surface area contributed by atoms with Crippen molar-refractivity contribution in [1.29, 1.82) is 0 Å². The van der Waals surface area contributed by atoms with Gasteiger partial charge in [-0.05, 0) is 42.0 Å². The highest BCUT2D eigenvalue weighted by molar-refractivity contribution is 6.74. The summed E-state index contributed by atoms with van der Waals surface area (Å²) < 4.78 is 6.66. The van der Waals surface area contributed by atoms with Gasteiger partial charge in [0.2, 0.25) is 0 Å². The summed E-state index contributed by atoms with van der Waals surface area (Å²) >= 11 is 0. The lowest BCUT2D eigenvalue weighted by Gasteiger charge is -2.44. The molecule has 1 aliphatic carbocycles. The molecule has 23 heavy (non-hydrogen) atoms. The third kappa shape index (κ3) is 4.85. The molecule has 0 aromatic rings. The number of hydrogen-bond acceptors (Lipinski definition) is 3. The second-order valence-electron chi connectivity index (χ2n) is 9.25. The fourth-order valence-corrected chi connectivity index (χ4v) is 5.29. The van der Waals surface area contributed by atoms with Crippen molar-refractivity contribution in [3.05, 3.63) is 11.8 Å². The molecule has 1 rings (SSSR count). The van der Waals surface area contributed by atoms with Gasteiger partial charge < -0.3 is 9.43 Å². The van der Waals surface area contributed by atoms with Crippen LogP contribution in [0.4, 0.5) is 0 Å². The lowest BCUT2D eigenvalue weighted by Crippen LogP contribution is -2.45. The molecule has 1 unspecified atom stereocenters. The summed E-state index contributed by atoms with van der Waals surface area (Å²) in [5.74, 6) is 2.14. The van der Waals surface area contributed by atoms with E-state index in [9.17, 15) is 0 Å². The van der Waals surface area contributed by atoms with E-state index in [1.54, 1.807) is 0 Å². The Kier molecular flexibility index (Phi) is 6.17. The van der Waals surface area contributed by atoms with Crippen molar-refractivity contribution in [2.75, 3.05) is 14.1 Å². The first-order valence-corrected chi connectivity index (χ1v) is 11.8. The number of hydrazone groups is 1. The Balaban J connectivity index is 3.00. The van der Waals surface area contributed by atoms with Gasteiger partial charge in [-0.25, -0.2) is 0 Å². The molecule has 0 amide bonds. The normalized spacial score (nSPS) is 22.4. The Morgan fingerprint density at radius 3 is 2.39 bits per heavy atom. The quantitative estimate of drug-likeness (QED) is 0.362. The van der Waals surface area contributed by atoms with Crippen LogP contribution in [0.5, 0.6) is 0 Å². The summed E-state index contributed by atoms with van der Waals surface area (Å²) in [6, 6.07) is 0. The number of allylic oxidation sites excluding steroid dienone is 2. The maximum atomic E-state index is 6.66. The molecule has 0 aliphatic heterocycles. The van der Waals surface area contributed by atoms with Gasteiger partial charge in [-0.15, -0.1) is 0 Å². The molecule has 134 valence electrons. The van der Waals surface area contributed by atoms with Crippen LogP contribution in [0.25, 0.3) is 0 Å². The van der Waals surface area contributed by atoms with Crippen molar-refractivity contribution in [2.24, 2.45) is 22.4 Å². The first-order chi connectivity index (χ1) is 10.3. The molecule has 0 aromatic carbocycles. The molecule has 0 radical (unpaired) electrons. The SMILES string of the molecule is CC(C)C(C)(C)[Si](C)(C)OC1=CC(/C=N/N(C)C)C(C)(C)CC1. The Morgan fingerprint density at radius 2 is 1.91 bits per heavy atom. The topological polar surface area (TPSA) is 24.8 Å². The number of nitrogens with zero attached hydrogens (tertiary/aromatic N) is 2. The molecule has 0 fully saturated rings. The predicted molar refractivity (Wildman–Crippen MR) is 104 cm³/mol. The zero-order chi connectivity index (χ0) is 18.1. The minimum absolute atomic E-state index is 0.242. The molecule has 0 spiro atoms. The Morgan fingerprint density at radius 1 is 1.35 bits per heavy atom. The van der Waals surface area contributed by atoms with Gasteiger partial charge in [-0.3, -0.25) is 0 Å². The molecule has 0 aromatic heterocycles. The number of hydrogen-bond donors (Lipinski definition) is 0. The monoisotopic (exact) mass is 338 g/mol. The first-order valence-electron chi connectivity index (χ1n) is 8.91. The molecule has 3 nitrogen and oxygen atoms in total. The van der Waals surface area contributed by atoms with Gasteiger partial charge in [0.25, 0.3) is 8.32 Å². The van der Waals surface area contributed by atoms with Crippen LogP contribution in [-0.2, 0) is 4.43 Å². The van der Waals surface area contributed by atoms with Crippen molar-refractivity contribution >= 4 is 14.5 Å². The largest absolute Gasteiger partial charge is 0.547 e. The summed E-state index contributed by atoms with van der Waals surface area (Å²) in [7, 11) is 2.11. The van der Waals surface area contributed by atoms with Gasteiger partial charge in [-0.2, -0.15) is 5.10 Å². The van der Waals surface area contributed by atoms with Gasteiger partial charge in [0, 0.05) is 32.6 Å². The molecular formula is C19H38N2OSi. The number of rotatable bonds is 6. The second kappa shape index (κ2) is 7.00. The predicted octanol–water partition coefficient (Wildman–Crippen LogP) is 5.51. The minimum atomic E-state index is -1.83. The standard InChI is InChI=1S/C19H38N2OSi/c1-15(2)19(5,6)23(9,10)22-17-11-12-18(3,4)16(13-17)14-20-21(7)8/h13-16H,11-12H2,1-10H3/b20-14+. The van der Waals surface area contributed by atoms with Crippen molar-refractivity contribution in [3.8, 4) is 0 Å². The zero-order valence-corrected chi connectivity index (χ0v) is 18.0. The van der Waals surface area contributed by atoms with E-state index >= 15 is 0 Å². The summed E-state index contributed by atoms with van der Waals surface area (Å²) in [4.78, 5) is 0. The summed E-state index contributed by atoms with van der Waals surface area (Å²) in [6.45, 7) is 18.7. The van der Waals surface area contributed by atoms with Gasteiger partial charge in [-0.1, -0.05) is 41.5 Å². The van der Waals surface area contributed by atoms with E-state index in [0.717, 1.165) is 12.8 Å².